The van der Waals surface area contributed by atoms with Gasteiger partial charge in [0, 0.05) is 6.42 Å². The summed E-state index contributed by atoms with van der Waals surface area (Å²) >= 11 is 0. The third-order valence-electron chi connectivity index (χ3n) is 9.06. The van der Waals surface area contributed by atoms with E-state index in [9.17, 15) is 22.9 Å². The van der Waals surface area contributed by atoms with Crippen LogP contribution in [-0.4, -0.2) is 41.9 Å². The molecule has 7 heteroatoms. The molecule has 3 N–H and O–H groups in total. The van der Waals surface area contributed by atoms with Crippen LogP contribution < -0.4 is 5.32 Å². The Morgan fingerprint density at radius 3 is 1.14 bits per heavy atom. The molecule has 0 saturated heterocycles. The van der Waals surface area contributed by atoms with Crippen molar-refractivity contribution in [1.82, 2.24) is 5.32 Å². The van der Waals surface area contributed by atoms with E-state index in [2.05, 4.69) is 19.2 Å². The minimum Gasteiger partial charge on any atom is -0.391 e. The zero-order valence-corrected chi connectivity index (χ0v) is 30.1. The van der Waals surface area contributed by atoms with Crippen LogP contribution in [0.3, 0.4) is 0 Å². The van der Waals surface area contributed by atoms with E-state index in [4.69, 9.17) is 0 Å². The average molecular weight is 646 g/mol. The SMILES string of the molecule is CCCCCCCCCCCCCCCCCCCCCCC(=O)NC(CS(=O)(=O)O)C(O)CCCCCCCCCCC. The fourth-order valence-electron chi connectivity index (χ4n) is 6.16. The molecule has 0 aromatic heterocycles. The van der Waals surface area contributed by atoms with Crippen LogP contribution in [0.15, 0.2) is 0 Å². The van der Waals surface area contributed by atoms with Gasteiger partial charge < -0.3 is 10.4 Å². The molecule has 264 valence electrons. The van der Waals surface area contributed by atoms with Crippen molar-refractivity contribution < 1.29 is 22.9 Å². The van der Waals surface area contributed by atoms with Gasteiger partial charge in [0.1, 0.15) is 0 Å². The Hall–Kier alpha value is -0.660. The quantitative estimate of drug-likeness (QED) is 0.0470. The smallest absolute Gasteiger partial charge is 0.266 e. The number of hydrogen-bond acceptors (Lipinski definition) is 4. The van der Waals surface area contributed by atoms with Crippen molar-refractivity contribution in [2.75, 3.05) is 5.75 Å². The molecule has 0 spiro atoms. The molecule has 2 unspecified atom stereocenters. The van der Waals surface area contributed by atoms with Gasteiger partial charge in [0.2, 0.25) is 5.91 Å². The van der Waals surface area contributed by atoms with Crippen LogP contribution >= 0.6 is 0 Å². The number of carbonyl (C=O) groups excluding carboxylic acids is 1. The molecule has 0 aliphatic rings. The number of aliphatic hydroxyl groups is 1. The summed E-state index contributed by atoms with van der Waals surface area (Å²) in [5.74, 6) is -0.886. The summed E-state index contributed by atoms with van der Waals surface area (Å²) in [5.41, 5.74) is 0. The van der Waals surface area contributed by atoms with Crippen LogP contribution in [0.2, 0.25) is 0 Å². The number of carbonyl (C=O) groups is 1. The van der Waals surface area contributed by atoms with Gasteiger partial charge in [0.05, 0.1) is 17.9 Å². The third kappa shape index (κ3) is 32.7. The topological polar surface area (TPSA) is 104 Å². The molecule has 0 radical (unpaired) electrons. The molecule has 0 bridgehead atoms. The summed E-state index contributed by atoms with van der Waals surface area (Å²) in [4.78, 5) is 12.5. The van der Waals surface area contributed by atoms with Crippen molar-refractivity contribution in [3.05, 3.63) is 0 Å². The van der Waals surface area contributed by atoms with Gasteiger partial charge in [0.25, 0.3) is 10.1 Å². The first-order valence-electron chi connectivity index (χ1n) is 19.2. The van der Waals surface area contributed by atoms with Crippen LogP contribution in [-0.2, 0) is 14.9 Å². The number of amides is 1. The van der Waals surface area contributed by atoms with Crippen LogP contribution in [0.4, 0.5) is 0 Å². The Morgan fingerprint density at radius 1 is 0.523 bits per heavy atom. The number of aliphatic hydroxyl groups excluding tert-OH is 1. The van der Waals surface area contributed by atoms with Crippen LogP contribution in [0, 0.1) is 0 Å². The maximum Gasteiger partial charge on any atom is 0.266 e. The van der Waals surface area contributed by atoms with Crippen LogP contribution in [0.1, 0.15) is 213 Å². The number of nitrogens with one attached hydrogen (secondary N) is 1. The van der Waals surface area contributed by atoms with E-state index in [1.807, 2.05) is 0 Å². The predicted molar refractivity (Wildman–Crippen MR) is 189 cm³/mol. The van der Waals surface area contributed by atoms with Gasteiger partial charge in [-0.3, -0.25) is 9.35 Å². The first-order chi connectivity index (χ1) is 21.3. The number of rotatable bonds is 35. The second-order valence-electron chi connectivity index (χ2n) is 13.6. The lowest BCUT2D eigenvalue weighted by molar-refractivity contribution is -0.122. The Labute approximate surface area is 274 Å². The highest BCUT2D eigenvalue weighted by Crippen LogP contribution is 2.16. The summed E-state index contributed by atoms with van der Waals surface area (Å²) in [6.07, 6.45) is 36.4. The highest BCUT2D eigenvalue weighted by Gasteiger charge is 2.26. The van der Waals surface area contributed by atoms with Crippen LogP contribution in [0.25, 0.3) is 0 Å². The van der Waals surface area contributed by atoms with Gasteiger partial charge >= 0.3 is 0 Å². The molecular formula is C37H75NO5S. The molecule has 0 aliphatic heterocycles. The normalized spacial score (nSPS) is 13.3. The summed E-state index contributed by atoms with van der Waals surface area (Å²) in [6, 6.07) is -0.961. The fraction of sp³-hybridized carbons (Fsp3) is 0.973. The highest BCUT2D eigenvalue weighted by molar-refractivity contribution is 7.85. The van der Waals surface area contributed by atoms with Crippen molar-refractivity contribution in [3.8, 4) is 0 Å². The molecule has 0 aromatic carbocycles. The van der Waals surface area contributed by atoms with E-state index in [0.717, 1.165) is 38.5 Å². The summed E-state index contributed by atoms with van der Waals surface area (Å²) < 4.78 is 32.3. The van der Waals surface area contributed by atoms with Crippen molar-refractivity contribution in [3.63, 3.8) is 0 Å². The van der Waals surface area contributed by atoms with Gasteiger partial charge in [-0.2, -0.15) is 8.42 Å². The lowest BCUT2D eigenvalue weighted by Crippen LogP contribution is -2.47. The molecule has 6 nitrogen and oxygen atoms in total. The molecule has 0 aromatic rings. The minimum atomic E-state index is -4.29. The van der Waals surface area contributed by atoms with E-state index >= 15 is 0 Å². The van der Waals surface area contributed by atoms with Gasteiger partial charge in [-0.1, -0.05) is 194 Å². The van der Waals surface area contributed by atoms with Gasteiger partial charge in [0.15, 0.2) is 0 Å². The predicted octanol–water partition coefficient (Wildman–Crippen LogP) is 10.9. The largest absolute Gasteiger partial charge is 0.391 e. The summed E-state index contributed by atoms with van der Waals surface area (Å²) in [5, 5.41) is 13.3. The molecule has 0 rings (SSSR count). The van der Waals surface area contributed by atoms with E-state index in [1.54, 1.807) is 0 Å². The molecule has 0 saturated carbocycles. The number of unbranched alkanes of at least 4 members (excludes halogenated alkanes) is 27. The molecule has 0 fully saturated rings. The first-order valence-corrected chi connectivity index (χ1v) is 20.8. The Balaban J connectivity index is 3.75. The highest BCUT2D eigenvalue weighted by atomic mass is 32.2. The average Bonchev–Trinajstić information content (AvgIpc) is 2.98. The Bertz CT molecular complexity index is 715. The lowest BCUT2D eigenvalue weighted by Gasteiger charge is -2.23. The Kier molecular flexibility index (Phi) is 31.8. The van der Waals surface area contributed by atoms with Gasteiger partial charge in [-0.15, -0.1) is 0 Å². The second kappa shape index (κ2) is 32.3. The molecular weight excluding hydrogens is 570 g/mol. The maximum atomic E-state index is 12.5. The molecule has 0 aliphatic carbocycles. The van der Waals surface area contributed by atoms with Crippen molar-refractivity contribution in [2.45, 2.75) is 225 Å². The zero-order chi connectivity index (χ0) is 32.6. The van der Waals surface area contributed by atoms with Crippen molar-refractivity contribution >= 4 is 16.0 Å². The van der Waals surface area contributed by atoms with Crippen LogP contribution in [0.5, 0.6) is 0 Å². The molecule has 2 atom stereocenters. The van der Waals surface area contributed by atoms with Crippen molar-refractivity contribution in [1.29, 1.82) is 0 Å². The maximum absolute atomic E-state index is 12.5. The summed E-state index contributed by atoms with van der Waals surface area (Å²) in [7, 11) is -4.29. The van der Waals surface area contributed by atoms with E-state index in [-0.39, 0.29) is 5.91 Å². The number of hydrogen-bond donors (Lipinski definition) is 3. The molecule has 1 amide bonds. The lowest BCUT2D eigenvalue weighted by atomic mass is 10.0. The third-order valence-corrected chi connectivity index (χ3v) is 9.84. The fourth-order valence-corrected chi connectivity index (χ4v) is 6.92. The molecule has 0 heterocycles. The van der Waals surface area contributed by atoms with E-state index in [0.29, 0.717) is 12.8 Å². The Morgan fingerprint density at radius 2 is 0.818 bits per heavy atom. The van der Waals surface area contributed by atoms with Gasteiger partial charge in [-0.05, 0) is 12.8 Å². The van der Waals surface area contributed by atoms with E-state index in [1.165, 1.54) is 148 Å². The minimum absolute atomic E-state index is 0.243. The monoisotopic (exact) mass is 646 g/mol. The van der Waals surface area contributed by atoms with Crippen molar-refractivity contribution in [2.24, 2.45) is 0 Å². The summed E-state index contributed by atoms with van der Waals surface area (Å²) in [6.45, 7) is 4.49. The van der Waals surface area contributed by atoms with E-state index < -0.39 is 28.0 Å². The second-order valence-corrected chi connectivity index (χ2v) is 15.1. The van der Waals surface area contributed by atoms with Gasteiger partial charge in [-0.25, -0.2) is 0 Å². The molecule has 44 heavy (non-hydrogen) atoms. The first kappa shape index (κ1) is 43.3. The zero-order valence-electron chi connectivity index (χ0n) is 29.3. The standard InChI is InChI=1S/C37H75NO5S/c1-3-5-7-9-11-13-14-15-16-17-18-19-20-21-22-23-25-27-29-31-33-37(40)38-35(34-44(41,42)43)36(39)32-30-28-26-24-12-10-8-6-4-2/h35-36,39H,3-34H2,1-2H3,(H,38,40)(H,41,42,43).